The lowest BCUT2D eigenvalue weighted by Crippen LogP contribution is -2.35. The fourth-order valence-electron chi connectivity index (χ4n) is 2.59. The van der Waals surface area contributed by atoms with Gasteiger partial charge in [0.25, 0.3) is 5.91 Å². The van der Waals surface area contributed by atoms with Crippen molar-refractivity contribution in [3.05, 3.63) is 33.1 Å². The van der Waals surface area contributed by atoms with Crippen LogP contribution in [0.5, 0.6) is 0 Å². The molecule has 9 heteroatoms. The molecule has 1 amide bonds. The second kappa shape index (κ2) is 5.93. The quantitative estimate of drug-likeness (QED) is 0.906. The predicted octanol–water partition coefficient (Wildman–Crippen LogP) is 1.22. The topological polar surface area (TPSA) is 89.9 Å². The van der Waals surface area contributed by atoms with E-state index in [2.05, 4.69) is 5.32 Å². The Bertz CT molecular complexity index is 800. The standard InChI is InChI=1S/C14H17N4O4S/c1-8(2)17-10-5-4-9(6-12(10)23-14(17)20)16-7-11(13(19)15-3)22-18(16)21/h4-6,8,11H,7H2,1-3H3,(H,15,19)/q-1/t11-/m1/s1. The number of carbonyl (C=O) groups excluding carboxylic acids is 1. The molecule has 0 bridgehead atoms. The number of aromatic nitrogens is 1. The SMILES string of the molecule is CNC(=O)[C@H]1CN(c2ccc3c(c2)sc(=O)n3C(C)C)N([O-])O1. The molecule has 2 aromatic rings. The smallest absolute Gasteiger partial charge is 0.308 e. The van der Waals surface area contributed by atoms with Gasteiger partial charge in [-0.3, -0.25) is 24.0 Å². The zero-order chi connectivity index (χ0) is 16.7. The number of anilines is 1. The Hall–Kier alpha value is -1.94. The largest absolute Gasteiger partial charge is 0.743 e. The van der Waals surface area contributed by atoms with E-state index in [4.69, 9.17) is 4.84 Å². The lowest BCUT2D eigenvalue weighted by atomic mass is 10.2. The Labute approximate surface area is 136 Å². The van der Waals surface area contributed by atoms with Crippen molar-refractivity contribution >= 4 is 33.1 Å². The van der Waals surface area contributed by atoms with Crippen LogP contribution in [0.1, 0.15) is 19.9 Å². The molecule has 0 radical (unpaired) electrons. The number of likely N-dealkylation sites (N-methyl/N-ethyl adjacent to an activating group) is 1. The Morgan fingerprint density at radius 2 is 2.22 bits per heavy atom. The minimum atomic E-state index is -0.854. The van der Waals surface area contributed by atoms with Crippen LogP contribution in [-0.2, 0) is 9.63 Å². The summed E-state index contributed by atoms with van der Waals surface area (Å²) in [5, 5.41) is 16.0. The summed E-state index contributed by atoms with van der Waals surface area (Å²) in [5.74, 6) is -0.356. The molecule has 1 saturated heterocycles. The number of rotatable bonds is 3. The normalized spacial score (nSPS) is 19.0. The average Bonchev–Trinajstić information content (AvgIpc) is 3.04. The highest BCUT2D eigenvalue weighted by molar-refractivity contribution is 7.16. The van der Waals surface area contributed by atoms with Crippen molar-refractivity contribution in [2.75, 3.05) is 18.6 Å². The first kappa shape index (κ1) is 15.9. The number of amides is 1. The molecule has 0 saturated carbocycles. The van der Waals surface area contributed by atoms with Gasteiger partial charge in [0.05, 0.1) is 22.4 Å². The van der Waals surface area contributed by atoms with Gasteiger partial charge in [-0.05, 0) is 32.0 Å². The molecule has 1 atom stereocenters. The highest BCUT2D eigenvalue weighted by atomic mass is 32.1. The first-order valence-electron chi connectivity index (χ1n) is 7.20. The van der Waals surface area contributed by atoms with Crippen molar-refractivity contribution in [1.29, 1.82) is 0 Å². The second-order valence-corrected chi connectivity index (χ2v) is 6.51. The molecule has 124 valence electrons. The van der Waals surface area contributed by atoms with E-state index in [1.165, 1.54) is 12.1 Å². The van der Waals surface area contributed by atoms with Gasteiger partial charge in [-0.25, -0.2) is 0 Å². The Kier molecular flexibility index (Phi) is 4.11. The van der Waals surface area contributed by atoms with Crippen LogP contribution in [0.3, 0.4) is 0 Å². The van der Waals surface area contributed by atoms with E-state index in [0.29, 0.717) is 11.0 Å². The van der Waals surface area contributed by atoms with E-state index in [1.54, 1.807) is 16.7 Å². The number of nitrogens with zero attached hydrogens (tertiary/aromatic N) is 3. The number of hydrogen-bond donors (Lipinski definition) is 1. The van der Waals surface area contributed by atoms with Gasteiger partial charge in [-0.1, -0.05) is 11.3 Å². The average molecular weight is 337 g/mol. The van der Waals surface area contributed by atoms with Crippen LogP contribution in [0.25, 0.3) is 10.2 Å². The summed E-state index contributed by atoms with van der Waals surface area (Å²) in [5.41, 5.74) is 1.41. The third-order valence-electron chi connectivity index (χ3n) is 3.70. The summed E-state index contributed by atoms with van der Waals surface area (Å²) in [6.07, 6.45) is -0.854. The van der Waals surface area contributed by atoms with Gasteiger partial charge >= 0.3 is 4.87 Å². The van der Waals surface area contributed by atoms with Crippen LogP contribution in [0.4, 0.5) is 5.69 Å². The molecule has 8 nitrogen and oxygen atoms in total. The van der Waals surface area contributed by atoms with Gasteiger partial charge in [0.15, 0.2) is 6.10 Å². The molecule has 0 unspecified atom stereocenters. The van der Waals surface area contributed by atoms with Gasteiger partial charge in [-0.15, -0.1) is 0 Å². The van der Waals surface area contributed by atoms with Gasteiger partial charge in [0, 0.05) is 13.1 Å². The predicted molar refractivity (Wildman–Crippen MR) is 88.0 cm³/mol. The van der Waals surface area contributed by atoms with Crippen molar-refractivity contribution in [3.8, 4) is 0 Å². The van der Waals surface area contributed by atoms with Crippen LogP contribution < -0.4 is 15.2 Å². The maximum absolute atomic E-state index is 12.1. The van der Waals surface area contributed by atoms with Crippen molar-refractivity contribution in [1.82, 2.24) is 15.2 Å². The Balaban J connectivity index is 1.95. The van der Waals surface area contributed by atoms with Crippen LogP contribution in [0.2, 0.25) is 0 Å². The molecule has 23 heavy (non-hydrogen) atoms. The number of nitrogens with one attached hydrogen (secondary N) is 1. The minimum Gasteiger partial charge on any atom is -0.743 e. The summed E-state index contributed by atoms with van der Waals surface area (Å²) in [7, 11) is 1.49. The van der Waals surface area contributed by atoms with E-state index in [9.17, 15) is 14.8 Å². The van der Waals surface area contributed by atoms with E-state index >= 15 is 0 Å². The fraction of sp³-hybridized carbons (Fsp3) is 0.429. The van der Waals surface area contributed by atoms with Gasteiger partial charge in [-0.2, -0.15) is 5.34 Å². The van der Waals surface area contributed by atoms with Gasteiger partial charge in [0.2, 0.25) is 0 Å². The molecule has 3 rings (SSSR count). The molecule has 1 N–H and O–H groups in total. The van der Waals surface area contributed by atoms with Gasteiger partial charge < -0.3 is 10.5 Å². The highest BCUT2D eigenvalue weighted by Crippen LogP contribution is 2.29. The van der Waals surface area contributed by atoms with E-state index in [0.717, 1.165) is 21.6 Å². The molecule has 1 aliphatic heterocycles. The van der Waals surface area contributed by atoms with E-state index in [1.807, 2.05) is 19.9 Å². The summed E-state index contributed by atoms with van der Waals surface area (Å²) >= 11 is 1.13. The highest BCUT2D eigenvalue weighted by Gasteiger charge is 2.31. The minimum absolute atomic E-state index is 0.0351. The molecule has 1 aliphatic rings. The molecule has 0 aliphatic carbocycles. The van der Waals surface area contributed by atoms with Crippen LogP contribution >= 0.6 is 11.3 Å². The molecular weight excluding hydrogens is 320 g/mol. The van der Waals surface area contributed by atoms with E-state index < -0.39 is 6.10 Å². The second-order valence-electron chi connectivity index (χ2n) is 5.51. The zero-order valence-electron chi connectivity index (χ0n) is 13.0. The first-order valence-corrected chi connectivity index (χ1v) is 8.02. The first-order chi connectivity index (χ1) is 10.9. The lowest BCUT2D eigenvalue weighted by Gasteiger charge is -2.31. The van der Waals surface area contributed by atoms with Crippen LogP contribution in [0, 0.1) is 5.21 Å². The third-order valence-corrected chi connectivity index (χ3v) is 4.62. The number of hydrogen-bond acceptors (Lipinski definition) is 7. The molecule has 2 heterocycles. The monoisotopic (exact) mass is 337 g/mol. The van der Waals surface area contributed by atoms with Crippen LogP contribution in [0.15, 0.2) is 23.0 Å². The molecule has 0 spiro atoms. The Morgan fingerprint density at radius 1 is 1.48 bits per heavy atom. The Morgan fingerprint density at radius 3 is 2.87 bits per heavy atom. The molecule has 1 aromatic carbocycles. The summed E-state index contributed by atoms with van der Waals surface area (Å²) in [6, 6.07) is 5.38. The number of thiazole rings is 1. The van der Waals surface area contributed by atoms with Crippen LogP contribution in [-0.4, -0.2) is 35.5 Å². The van der Waals surface area contributed by atoms with Gasteiger partial charge in [0.1, 0.15) is 0 Å². The van der Waals surface area contributed by atoms with Crippen molar-refractivity contribution < 1.29 is 9.63 Å². The maximum atomic E-state index is 12.1. The number of benzene rings is 1. The summed E-state index contributed by atoms with van der Waals surface area (Å²) < 4.78 is 2.50. The fourth-order valence-corrected chi connectivity index (χ4v) is 3.64. The summed E-state index contributed by atoms with van der Waals surface area (Å²) in [4.78, 5) is 28.6. The number of carbonyl (C=O) groups is 1. The van der Waals surface area contributed by atoms with E-state index in [-0.39, 0.29) is 23.4 Å². The number of hydrazine groups is 1. The van der Waals surface area contributed by atoms with Crippen molar-refractivity contribution in [2.45, 2.75) is 26.0 Å². The molecule has 1 fully saturated rings. The lowest BCUT2D eigenvalue weighted by molar-refractivity contribution is -0.151. The zero-order valence-corrected chi connectivity index (χ0v) is 13.8. The maximum Gasteiger partial charge on any atom is 0.308 e. The van der Waals surface area contributed by atoms with Crippen molar-refractivity contribution in [3.63, 3.8) is 0 Å². The summed E-state index contributed by atoms with van der Waals surface area (Å²) in [6.45, 7) is 4.01. The molecular formula is C14H17N4O4S-. The van der Waals surface area contributed by atoms with Crippen molar-refractivity contribution in [2.24, 2.45) is 0 Å². The third kappa shape index (κ3) is 2.72. The molecule has 1 aromatic heterocycles. The number of fused-ring (bicyclic) bond motifs is 1.